The van der Waals surface area contributed by atoms with Gasteiger partial charge in [0.2, 0.25) is 5.82 Å². The van der Waals surface area contributed by atoms with E-state index in [1.165, 1.54) is 12.1 Å². The van der Waals surface area contributed by atoms with Gasteiger partial charge in [0.05, 0.1) is 18.1 Å². The van der Waals surface area contributed by atoms with Crippen molar-refractivity contribution in [3.8, 4) is 0 Å². The molecule has 0 saturated heterocycles. The number of nitrogens with zero attached hydrogens (tertiary/aromatic N) is 2. The largest absolute Gasteiger partial charge is 0.383 e. The number of hydrogen-bond acceptors (Lipinski definition) is 5. The number of methoxy groups -OCH3 is 2. The first-order chi connectivity index (χ1) is 9.52. The van der Waals surface area contributed by atoms with Gasteiger partial charge in [0.15, 0.2) is 0 Å². The fourth-order valence-corrected chi connectivity index (χ4v) is 2.02. The van der Waals surface area contributed by atoms with Gasteiger partial charge in [0.25, 0.3) is 0 Å². The molecule has 7 heteroatoms. The summed E-state index contributed by atoms with van der Waals surface area (Å²) in [7, 11) is 3.09. The van der Waals surface area contributed by atoms with E-state index >= 15 is 0 Å². The number of nitro benzene ring substituents is 1. The van der Waals surface area contributed by atoms with Crippen molar-refractivity contribution in [2.24, 2.45) is 0 Å². The summed E-state index contributed by atoms with van der Waals surface area (Å²) in [6, 6.07) is 3.92. The van der Waals surface area contributed by atoms with Crippen LogP contribution in [0.5, 0.6) is 0 Å². The van der Waals surface area contributed by atoms with Crippen LogP contribution in [0.1, 0.15) is 6.92 Å². The number of benzene rings is 1. The maximum absolute atomic E-state index is 13.7. The molecule has 0 aliphatic heterocycles. The van der Waals surface area contributed by atoms with E-state index in [-0.39, 0.29) is 11.7 Å². The molecule has 20 heavy (non-hydrogen) atoms. The highest BCUT2D eigenvalue weighted by atomic mass is 19.1. The summed E-state index contributed by atoms with van der Waals surface area (Å²) in [6.07, 6.45) is 0. The molecule has 0 aliphatic carbocycles. The Kier molecular flexibility index (Phi) is 6.33. The lowest BCUT2D eigenvalue weighted by Gasteiger charge is -2.30. The van der Waals surface area contributed by atoms with Crippen molar-refractivity contribution in [3.63, 3.8) is 0 Å². The van der Waals surface area contributed by atoms with Crippen molar-refractivity contribution in [2.45, 2.75) is 13.0 Å². The SMILES string of the molecule is COCCN(c1cccc(F)c1[N+](=O)[O-])C(C)COC. The quantitative estimate of drug-likeness (QED) is 0.541. The molecule has 0 N–H and O–H groups in total. The Balaban J connectivity index is 3.18. The topological polar surface area (TPSA) is 64.8 Å². The van der Waals surface area contributed by atoms with Crippen LogP contribution in [-0.2, 0) is 9.47 Å². The van der Waals surface area contributed by atoms with Crippen molar-refractivity contribution in [1.29, 1.82) is 0 Å². The van der Waals surface area contributed by atoms with Gasteiger partial charge in [0.1, 0.15) is 5.69 Å². The lowest BCUT2D eigenvalue weighted by atomic mass is 10.2. The van der Waals surface area contributed by atoms with E-state index in [4.69, 9.17) is 9.47 Å². The molecule has 0 heterocycles. The number of ether oxygens (including phenoxy) is 2. The Labute approximate surface area is 117 Å². The molecule has 0 amide bonds. The van der Waals surface area contributed by atoms with Gasteiger partial charge in [-0.25, -0.2) is 0 Å². The Morgan fingerprint density at radius 1 is 1.40 bits per heavy atom. The highest BCUT2D eigenvalue weighted by Gasteiger charge is 2.26. The summed E-state index contributed by atoms with van der Waals surface area (Å²) >= 11 is 0. The van der Waals surface area contributed by atoms with E-state index in [9.17, 15) is 14.5 Å². The van der Waals surface area contributed by atoms with Crippen molar-refractivity contribution in [2.75, 3.05) is 38.9 Å². The molecule has 112 valence electrons. The second kappa shape index (κ2) is 7.76. The van der Waals surface area contributed by atoms with E-state index < -0.39 is 16.4 Å². The van der Waals surface area contributed by atoms with Gasteiger partial charge in [0, 0.05) is 26.8 Å². The monoisotopic (exact) mass is 286 g/mol. The number of rotatable bonds is 8. The minimum atomic E-state index is -0.848. The number of halogens is 1. The lowest BCUT2D eigenvalue weighted by Crippen LogP contribution is -2.39. The maximum atomic E-state index is 13.7. The predicted octanol–water partition coefficient (Wildman–Crippen LogP) is 2.22. The van der Waals surface area contributed by atoms with E-state index in [1.807, 2.05) is 6.92 Å². The molecule has 1 unspecified atom stereocenters. The first-order valence-corrected chi connectivity index (χ1v) is 6.20. The third-order valence-electron chi connectivity index (χ3n) is 2.93. The number of hydrogen-bond donors (Lipinski definition) is 0. The summed E-state index contributed by atoms with van der Waals surface area (Å²) in [5.41, 5.74) is -0.289. The van der Waals surface area contributed by atoms with Gasteiger partial charge in [-0.3, -0.25) is 10.1 Å². The van der Waals surface area contributed by atoms with Crippen molar-refractivity contribution in [1.82, 2.24) is 0 Å². The molecule has 0 aliphatic rings. The molecule has 0 spiro atoms. The molecule has 1 aromatic rings. The summed E-state index contributed by atoms with van der Waals surface area (Å²) in [5, 5.41) is 11.1. The summed E-state index contributed by atoms with van der Waals surface area (Å²) < 4.78 is 23.8. The van der Waals surface area contributed by atoms with Crippen LogP contribution in [0.3, 0.4) is 0 Å². The van der Waals surface area contributed by atoms with Crippen LogP contribution in [0.15, 0.2) is 18.2 Å². The van der Waals surface area contributed by atoms with Crippen LogP contribution in [-0.4, -0.2) is 44.9 Å². The molecule has 1 atom stereocenters. The third-order valence-corrected chi connectivity index (χ3v) is 2.93. The van der Waals surface area contributed by atoms with Crippen molar-refractivity contribution >= 4 is 11.4 Å². The van der Waals surface area contributed by atoms with E-state index in [0.29, 0.717) is 19.8 Å². The molecular formula is C13H19FN2O4. The molecule has 0 aromatic heterocycles. The first-order valence-electron chi connectivity index (χ1n) is 6.20. The molecule has 0 fully saturated rings. The average molecular weight is 286 g/mol. The number of anilines is 1. The summed E-state index contributed by atoms with van der Waals surface area (Å²) in [5.74, 6) is -0.848. The Morgan fingerprint density at radius 2 is 2.10 bits per heavy atom. The standard InChI is InChI=1S/C13H19FN2O4/c1-10(9-20-3)15(7-8-19-2)12-6-4-5-11(14)13(12)16(17)18/h4-6,10H,7-9H2,1-3H3. The van der Waals surface area contributed by atoms with Gasteiger partial charge in [-0.1, -0.05) is 6.07 Å². The van der Waals surface area contributed by atoms with Crippen LogP contribution in [0.2, 0.25) is 0 Å². The zero-order valence-electron chi connectivity index (χ0n) is 11.8. The first kappa shape index (κ1) is 16.3. The molecule has 1 rings (SSSR count). The molecule has 0 bridgehead atoms. The highest BCUT2D eigenvalue weighted by Crippen LogP contribution is 2.31. The zero-order chi connectivity index (χ0) is 15.1. The van der Waals surface area contributed by atoms with Crippen molar-refractivity contribution < 1.29 is 18.8 Å². The van der Waals surface area contributed by atoms with E-state index in [1.54, 1.807) is 19.1 Å². The number of para-hydroxylation sites is 1. The smallest absolute Gasteiger partial charge is 0.327 e. The Morgan fingerprint density at radius 3 is 2.65 bits per heavy atom. The normalized spacial score (nSPS) is 12.2. The highest BCUT2D eigenvalue weighted by molar-refractivity contribution is 5.64. The summed E-state index contributed by atoms with van der Waals surface area (Å²) in [4.78, 5) is 12.1. The molecule has 0 saturated carbocycles. The van der Waals surface area contributed by atoms with Gasteiger partial charge in [-0.15, -0.1) is 0 Å². The Bertz CT molecular complexity index is 456. The van der Waals surface area contributed by atoms with Gasteiger partial charge in [-0.2, -0.15) is 4.39 Å². The number of nitro groups is 1. The van der Waals surface area contributed by atoms with Gasteiger partial charge < -0.3 is 14.4 Å². The minimum Gasteiger partial charge on any atom is -0.383 e. The fourth-order valence-electron chi connectivity index (χ4n) is 2.02. The lowest BCUT2D eigenvalue weighted by molar-refractivity contribution is -0.386. The van der Waals surface area contributed by atoms with E-state index in [2.05, 4.69) is 0 Å². The molecule has 0 radical (unpaired) electrons. The second-order valence-corrected chi connectivity index (χ2v) is 4.36. The van der Waals surface area contributed by atoms with Crippen LogP contribution in [0.25, 0.3) is 0 Å². The van der Waals surface area contributed by atoms with Crippen LogP contribution >= 0.6 is 0 Å². The second-order valence-electron chi connectivity index (χ2n) is 4.36. The van der Waals surface area contributed by atoms with E-state index in [0.717, 1.165) is 6.07 Å². The van der Waals surface area contributed by atoms with Crippen molar-refractivity contribution in [3.05, 3.63) is 34.1 Å². The van der Waals surface area contributed by atoms with Crippen LogP contribution in [0.4, 0.5) is 15.8 Å². The predicted molar refractivity (Wildman–Crippen MR) is 73.6 cm³/mol. The molecule has 1 aromatic carbocycles. The maximum Gasteiger partial charge on any atom is 0.327 e. The van der Waals surface area contributed by atoms with Crippen LogP contribution < -0.4 is 4.90 Å². The minimum absolute atomic E-state index is 0.143. The Hall–Kier alpha value is -1.73. The van der Waals surface area contributed by atoms with Gasteiger partial charge >= 0.3 is 5.69 Å². The van der Waals surface area contributed by atoms with Crippen LogP contribution in [0, 0.1) is 15.9 Å². The average Bonchev–Trinajstić information content (AvgIpc) is 2.39. The zero-order valence-corrected chi connectivity index (χ0v) is 11.8. The summed E-state index contributed by atoms with van der Waals surface area (Å²) in [6.45, 7) is 3.01. The third kappa shape index (κ3) is 3.88. The molecule has 6 nitrogen and oxygen atoms in total. The molecular weight excluding hydrogens is 267 g/mol. The fraction of sp³-hybridized carbons (Fsp3) is 0.538. The van der Waals surface area contributed by atoms with Gasteiger partial charge in [-0.05, 0) is 19.1 Å².